The molecular weight excluding hydrogens is 318 g/mol. The van der Waals surface area contributed by atoms with Crippen molar-refractivity contribution in [1.29, 1.82) is 0 Å². The minimum atomic E-state index is -0.636. The maximum absolute atomic E-state index is 12.8. The Hall–Kier alpha value is -2.82. The van der Waals surface area contributed by atoms with Crippen LogP contribution in [0, 0.1) is 5.41 Å². The third kappa shape index (κ3) is 3.65. The van der Waals surface area contributed by atoms with Gasteiger partial charge in [0.05, 0.1) is 12.5 Å². The SMILES string of the molecule is COC(=O)[C@@]1(C)CCN(C(=O)c2cccc(Oc3ccccc3)c2)C1. The summed E-state index contributed by atoms with van der Waals surface area (Å²) in [7, 11) is 1.38. The second kappa shape index (κ2) is 6.97. The van der Waals surface area contributed by atoms with E-state index in [4.69, 9.17) is 9.47 Å². The van der Waals surface area contributed by atoms with Crippen LogP contribution in [0.2, 0.25) is 0 Å². The average molecular weight is 339 g/mol. The van der Waals surface area contributed by atoms with Crippen molar-refractivity contribution in [2.24, 2.45) is 5.41 Å². The second-order valence-electron chi connectivity index (χ2n) is 6.47. The van der Waals surface area contributed by atoms with Crippen molar-refractivity contribution >= 4 is 11.9 Å². The number of carbonyl (C=O) groups is 2. The van der Waals surface area contributed by atoms with Crippen molar-refractivity contribution in [3.05, 3.63) is 60.2 Å². The molecule has 0 radical (unpaired) electrons. The Morgan fingerprint density at radius 3 is 2.48 bits per heavy atom. The Bertz CT molecular complexity index is 774. The molecule has 0 aromatic heterocycles. The number of esters is 1. The van der Waals surface area contributed by atoms with Crippen LogP contribution in [0.25, 0.3) is 0 Å². The van der Waals surface area contributed by atoms with Crippen LogP contribution in [0.1, 0.15) is 23.7 Å². The monoisotopic (exact) mass is 339 g/mol. The minimum Gasteiger partial charge on any atom is -0.469 e. The number of hydrogen-bond donors (Lipinski definition) is 0. The molecule has 1 fully saturated rings. The van der Waals surface area contributed by atoms with Gasteiger partial charge < -0.3 is 14.4 Å². The van der Waals surface area contributed by atoms with Gasteiger partial charge in [0.25, 0.3) is 5.91 Å². The van der Waals surface area contributed by atoms with Gasteiger partial charge in [-0.1, -0.05) is 24.3 Å². The molecule has 25 heavy (non-hydrogen) atoms. The van der Waals surface area contributed by atoms with E-state index in [0.29, 0.717) is 36.6 Å². The second-order valence-corrected chi connectivity index (χ2v) is 6.47. The molecule has 1 aliphatic rings. The number of carbonyl (C=O) groups excluding carboxylic acids is 2. The minimum absolute atomic E-state index is 0.105. The zero-order valence-electron chi connectivity index (χ0n) is 14.4. The fourth-order valence-corrected chi connectivity index (χ4v) is 3.05. The number of rotatable bonds is 4. The van der Waals surface area contributed by atoms with Crippen molar-refractivity contribution in [2.45, 2.75) is 13.3 Å². The standard InChI is InChI=1S/C20H21NO4/c1-20(19(23)24-2)11-12-21(14-20)18(22)15-7-6-10-17(13-15)25-16-8-4-3-5-9-16/h3-10,13H,11-12,14H2,1-2H3/t20-/m0/s1. The Kier molecular flexibility index (Phi) is 4.74. The van der Waals surface area contributed by atoms with E-state index in [1.807, 2.05) is 43.3 Å². The lowest BCUT2D eigenvalue weighted by Crippen LogP contribution is -2.35. The van der Waals surface area contributed by atoms with Crippen molar-refractivity contribution in [3.8, 4) is 11.5 Å². The third-order valence-corrected chi connectivity index (χ3v) is 4.50. The number of likely N-dealkylation sites (tertiary alicyclic amines) is 1. The molecule has 1 amide bonds. The van der Waals surface area contributed by atoms with E-state index in [9.17, 15) is 9.59 Å². The summed E-state index contributed by atoms with van der Waals surface area (Å²) in [5.74, 6) is 0.939. The maximum Gasteiger partial charge on any atom is 0.313 e. The largest absolute Gasteiger partial charge is 0.469 e. The van der Waals surface area contributed by atoms with Crippen LogP contribution in [0.3, 0.4) is 0 Å². The van der Waals surface area contributed by atoms with Crippen LogP contribution in [0.4, 0.5) is 0 Å². The smallest absolute Gasteiger partial charge is 0.313 e. The highest BCUT2D eigenvalue weighted by Crippen LogP contribution is 2.32. The molecule has 0 N–H and O–H groups in total. The van der Waals surface area contributed by atoms with E-state index >= 15 is 0 Å². The predicted octanol–water partition coefficient (Wildman–Crippen LogP) is 3.50. The number of hydrogen-bond acceptors (Lipinski definition) is 4. The van der Waals surface area contributed by atoms with E-state index in [0.717, 1.165) is 0 Å². The number of nitrogens with zero attached hydrogens (tertiary/aromatic N) is 1. The van der Waals surface area contributed by atoms with Crippen LogP contribution in [0.15, 0.2) is 54.6 Å². The molecule has 5 heteroatoms. The van der Waals surface area contributed by atoms with E-state index in [-0.39, 0.29) is 11.9 Å². The van der Waals surface area contributed by atoms with Gasteiger partial charge >= 0.3 is 5.97 Å². The topological polar surface area (TPSA) is 55.8 Å². The lowest BCUT2D eigenvalue weighted by molar-refractivity contribution is -0.150. The number of para-hydroxylation sites is 1. The van der Waals surface area contributed by atoms with Crippen LogP contribution in [-0.2, 0) is 9.53 Å². The van der Waals surface area contributed by atoms with Gasteiger partial charge in [-0.15, -0.1) is 0 Å². The molecule has 0 spiro atoms. The number of benzene rings is 2. The first-order chi connectivity index (χ1) is 12.0. The highest BCUT2D eigenvalue weighted by molar-refractivity contribution is 5.95. The number of amides is 1. The molecule has 1 saturated heterocycles. The van der Waals surface area contributed by atoms with Gasteiger partial charge in [0.15, 0.2) is 0 Å². The van der Waals surface area contributed by atoms with Crippen molar-refractivity contribution < 1.29 is 19.1 Å². The lowest BCUT2D eigenvalue weighted by Gasteiger charge is -2.22. The molecular formula is C20H21NO4. The third-order valence-electron chi connectivity index (χ3n) is 4.50. The van der Waals surface area contributed by atoms with Gasteiger partial charge in [-0.25, -0.2) is 0 Å². The number of methoxy groups -OCH3 is 1. The average Bonchev–Trinajstić information content (AvgIpc) is 3.05. The first kappa shape index (κ1) is 17.0. The summed E-state index contributed by atoms with van der Waals surface area (Å²) in [6.45, 7) is 2.73. The molecule has 2 aromatic carbocycles. The molecule has 0 saturated carbocycles. The molecule has 0 bridgehead atoms. The quantitative estimate of drug-likeness (QED) is 0.800. The van der Waals surface area contributed by atoms with Gasteiger partial charge in [0.1, 0.15) is 11.5 Å². The molecule has 1 heterocycles. The summed E-state index contributed by atoms with van der Waals surface area (Å²) >= 11 is 0. The summed E-state index contributed by atoms with van der Waals surface area (Å²) in [6, 6.07) is 16.5. The molecule has 3 rings (SSSR count). The molecule has 2 aromatic rings. The molecule has 0 unspecified atom stereocenters. The summed E-state index contributed by atoms with van der Waals surface area (Å²) in [6.07, 6.45) is 0.603. The van der Waals surface area contributed by atoms with E-state index in [1.165, 1.54) is 7.11 Å². The van der Waals surface area contributed by atoms with Crippen molar-refractivity contribution in [3.63, 3.8) is 0 Å². The fraction of sp³-hybridized carbons (Fsp3) is 0.300. The maximum atomic E-state index is 12.8. The normalized spacial score (nSPS) is 19.5. The highest BCUT2D eigenvalue weighted by atomic mass is 16.5. The molecule has 5 nitrogen and oxygen atoms in total. The van der Waals surface area contributed by atoms with E-state index in [2.05, 4.69) is 0 Å². The molecule has 0 aliphatic carbocycles. The van der Waals surface area contributed by atoms with Gasteiger partial charge in [-0.3, -0.25) is 9.59 Å². The zero-order valence-corrected chi connectivity index (χ0v) is 14.4. The summed E-state index contributed by atoms with van der Waals surface area (Å²) in [5.41, 5.74) is -0.0923. The molecule has 1 atom stereocenters. The molecule has 130 valence electrons. The van der Waals surface area contributed by atoms with Crippen LogP contribution < -0.4 is 4.74 Å². The first-order valence-corrected chi connectivity index (χ1v) is 8.22. The van der Waals surface area contributed by atoms with Crippen LogP contribution >= 0.6 is 0 Å². The first-order valence-electron chi connectivity index (χ1n) is 8.22. The zero-order chi connectivity index (χ0) is 17.9. The number of ether oxygens (including phenoxy) is 2. The fourth-order valence-electron chi connectivity index (χ4n) is 3.05. The summed E-state index contributed by atoms with van der Waals surface area (Å²) in [5, 5.41) is 0. The van der Waals surface area contributed by atoms with Gasteiger partial charge in [-0.05, 0) is 43.7 Å². The lowest BCUT2D eigenvalue weighted by atomic mass is 9.90. The Morgan fingerprint density at radius 2 is 1.76 bits per heavy atom. The Balaban J connectivity index is 1.73. The van der Waals surface area contributed by atoms with Gasteiger partial charge in [0, 0.05) is 18.7 Å². The highest BCUT2D eigenvalue weighted by Gasteiger charge is 2.43. The summed E-state index contributed by atoms with van der Waals surface area (Å²) in [4.78, 5) is 26.4. The Labute approximate surface area is 147 Å². The van der Waals surface area contributed by atoms with E-state index < -0.39 is 5.41 Å². The Morgan fingerprint density at radius 1 is 1.04 bits per heavy atom. The van der Waals surface area contributed by atoms with Crippen LogP contribution in [0.5, 0.6) is 11.5 Å². The van der Waals surface area contributed by atoms with Gasteiger partial charge in [-0.2, -0.15) is 0 Å². The predicted molar refractivity (Wildman–Crippen MR) is 93.6 cm³/mol. The van der Waals surface area contributed by atoms with Crippen LogP contribution in [-0.4, -0.2) is 37.0 Å². The van der Waals surface area contributed by atoms with Crippen molar-refractivity contribution in [1.82, 2.24) is 4.90 Å². The van der Waals surface area contributed by atoms with Crippen molar-refractivity contribution in [2.75, 3.05) is 20.2 Å². The molecule has 1 aliphatic heterocycles. The summed E-state index contributed by atoms with van der Waals surface area (Å²) < 4.78 is 10.6. The van der Waals surface area contributed by atoms with Gasteiger partial charge in [0.2, 0.25) is 0 Å². The van der Waals surface area contributed by atoms with E-state index in [1.54, 1.807) is 23.1 Å².